The van der Waals surface area contributed by atoms with Crippen LogP contribution in [0.15, 0.2) is 66.9 Å². The molecule has 0 saturated heterocycles. The smallest absolute Gasteiger partial charge is 0.0918 e. The van der Waals surface area contributed by atoms with Crippen LogP contribution in [0.5, 0.6) is 0 Å². The van der Waals surface area contributed by atoms with Crippen LogP contribution in [0.2, 0.25) is 0 Å². The highest BCUT2D eigenvalue weighted by Gasteiger charge is 2.09. The third kappa shape index (κ3) is 2.02. The molecule has 90 valence electrons. The summed E-state index contributed by atoms with van der Waals surface area (Å²) in [6, 6.07) is 20.2. The lowest BCUT2D eigenvalue weighted by Crippen LogP contribution is -1.86. The van der Waals surface area contributed by atoms with Crippen LogP contribution in [-0.4, -0.2) is 4.98 Å². The van der Waals surface area contributed by atoms with Gasteiger partial charge in [-0.25, -0.2) is 0 Å². The largest absolute Gasteiger partial charge is 0.361 e. The number of nitrogens with zero attached hydrogens (tertiary/aromatic N) is 1. The maximum absolute atomic E-state index is 9.03. The number of hydrogen-bond donors (Lipinski definition) is 1. The van der Waals surface area contributed by atoms with E-state index in [1.807, 2.05) is 54.7 Å². The molecular weight excluding hydrogens is 232 g/mol. The molecule has 0 radical (unpaired) electrons. The van der Waals surface area contributed by atoms with Gasteiger partial charge in [-0.05, 0) is 11.6 Å². The van der Waals surface area contributed by atoms with Crippen LogP contribution in [0, 0.1) is 11.3 Å². The average molecular weight is 244 g/mol. The predicted octanol–water partition coefficient (Wildman–Crippen LogP) is 4.12. The molecule has 0 bridgehead atoms. The second-order valence-electron chi connectivity index (χ2n) is 4.30. The van der Waals surface area contributed by atoms with E-state index < -0.39 is 0 Å². The Morgan fingerprint density at radius 1 is 1.00 bits per heavy atom. The van der Waals surface area contributed by atoms with E-state index in [2.05, 4.69) is 17.1 Å². The maximum Gasteiger partial charge on any atom is 0.0918 e. The normalized spacial score (nSPS) is 11.4. The number of nitriles is 1. The van der Waals surface area contributed by atoms with Gasteiger partial charge in [0, 0.05) is 34.3 Å². The monoisotopic (exact) mass is 244 g/mol. The van der Waals surface area contributed by atoms with E-state index >= 15 is 0 Å². The fraction of sp³-hybridized carbons (Fsp3) is 0. The molecule has 0 fully saturated rings. The summed E-state index contributed by atoms with van der Waals surface area (Å²) in [5, 5.41) is 10.2. The third-order valence-electron chi connectivity index (χ3n) is 3.17. The van der Waals surface area contributed by atoms with Gasteiger partial charge in [0.05, 0.1) is 6.07 Å². The average Bonchev–Trinajstić information content (AvgIpc) is 2.89. The Bertz CT molecular complexity index is 774. The zero-order valence-corrected chi connectivity index (χ0v) is 10.3. The van der Waals surface area contributed by atoms with Crippen molar-refractivity contribution in [2.24, 2.45) is 0 Å². The third-order valence-corrected chi connectivity index (χ3v) is 3.17. The fourth-order valence-electron chi connectivity index (χ4n) is 2.29. The van der Waals surface area contributed by atoms with Gasteiger partial charge in [-0.15, -0.1) is 0 Å². The van der Waals surface area contributed by atoms with Gasteiger partial charge in [0.1, 0.15) is 0 Å². The summed E-state index contributed by atoms with van der Waals surface area (Å²) in [6.45, 7) is 0. The minimum absolute atomic E-state index is 0.945. The highest BCUT2D eigenvalue weighted by Crippen LogP contribution is 2.29. The van der Waals surface area contributed by atoms with Gasteiger partial charge in [0.2, 0.25) is 0 Å². The summed E-state index contributed by atoms with van der Waals surface area (Å²) < 4.78 is 0. The Morgan fingerprint density at radius 3 is 2.53 bits per heavy atom. The first-order chi connectivity index (χ1) is 9.40. The van der Waals surface area contributed by atoms with Crippen LogP contribution >= 0.6 is 0 Å². The van der Waals surface area contributed by atoms with Gasteiger partial charge in [-0.1, -0.05) is 48.5 Å². The number of para-hydroxylation sites is 1. The molecular formula is C17H12N2. The van der Waals surface area contributed by atoms with Crippen LogP contribution in [0.4, 0.5) is 0 Å². The number of hydrogen-bond acceptors (Lipinski definition) is 1. The topological polar surface area (TPSA) is 39.6 Å². The molecule has 0 amide bonds. The number of benzene rings is 2. The lowest BCUT2D eigenvalue weighted by molar-refractivity contribution is 1.46. The van der Waals surface area contributed by atoms with Gasteiger partial charge in [0.15, 0.2) is 0 Å². The summed E-state index contributed by atoms with van der Waals surface area (Å²) in [4.78, 5) is 3.25. The van der Waals surface area contributed by atoms with Crippen molar-refractivity contribution in [3.63, 3.8) is 0 Å². The maximum atomic E-state index is 9.03. The molecule has 0 aliphatic rings. The number of aromatic nitrogens is 1. The predicted molar refractivity (Wildman–Crippen MR) is 77.4 cm³/mol. The van der Waals surface area contributed by atoms with Crippen molar-refractivity contribution in [2.45, 2.75) is 0 Å². The van der Waals surface area contributed by atoms with E-state index in [-0.39, 0.29) is 0 Å². The highest BCUT2D eigenvalue weighted by atomic mass is 14.7. The van der Waals surface area contributed by atoms with Gasteiger partial charge >= 0.3 is 0 Å². The lowest BCUT2D eigenvalue weighted by atomic mass is 9.97. The quantitative estimate of drug-likeness (QED) is 0.676. The number of allylic oxidation sites excluding steroid dienone is 1. The standard InChI is InChI=1S/C17H12N2/c18-11-10-14(13-6-2-1-3-7-13)16-12-19-17-9-5-4-8-15(16)17/h1-10,12,19H/b14-10+. The molecule has 2 heteroatoms. The molecule has 0 saturated carbocycles. The zero-order valence-electron chi connectivity index (χ0n) is 10.3. The molecule has 0 aliphatic carbocycles. The first-order valence-corrected chi connectivity index (χ1v) is 6.12. The highest BCUT2D eigenvalue weighted by molar-refractivity contribution is 5.97. The number of H-pyrrole nitrogens is 1. The van der Waals surface area contributed by atoms with Crippen molar-refractivity contribution in [3.8, 4) is 6.07 Å². The van der Waals surface area contributed by atoms with Gasteiger partial charge < -0.3 is 4.98 Å². The van der Waals surface area contributed by atoms with Crippen LogP contribution in [0.1, 0.15) is 11.1 Å². The molecule has 3 rings (SSSR count). The van der Waals surface area contributed by atoms with E-state index in [0.29, 0.717) is 0 Å². The first kappa shape index (κ1) is 11.3. The van der Waals surface area contributed by atoms with Crippen molar-refractivity contribution in [2.75, 3.05) is 0 Å². The summed E-state index contributed by atoms with van der Waals surface area (Å²) in [5.41, 5.74) is 4.13. The van der Waals surface area contributed by atoms with Crippen LogP contribution in [0.3, 0.4) is 0 Å². The lowest BCUT2D eigenvalue weighted by Gasteiger charge is -2.05. The van der Waals surface area contributed by atoms with E-state index in [9.17, 15) is 0 Å². The summed E-state index contributed by atoms with van der Waals surface area (Å²) in [7, 11) is 0. The van der Waals surface area contributed by atoms with E-state index in [0.717, 1.165) is 27.6 Å². The molecule has 1 heterocycles. The Kier molecular flexibility index (Phi) is 2.88. The van der Waals surface area contributed by atoms with Crippen molar-refractivity contribution < 1.29 is 0 Å². The fourth-order valence-corrected chi connectivity index (χ4v) is 2.29. The Balaban J connectivity index is 2.23. The van der Waals surface area contributed by atoms with Crippen LogP contribution in [-0.2, 0) is 0 Å². The van der Waals surface area contributed by atoms with Crippen molar-refractivity contribution in [3.05, 3.63) is 78.0 Å². The zero-order chi connectivity index (χ0) is 13.1. The summed E-state index contributed by atoms with van der Waals surface area (Å²) >= 11 is 0. The van der Waals surface area contributed by atoms with E-state index in [1.165, 1.54) is 0 Å². The molecule has 19 heavy (non-hydrogen) atoms. The Labute approximate surface area is 111 Å². The summed E-state index contributed by atoms with van der Waals surface area (Å²) in [5.74, 6) is 0. The number of nitrogens with one attached hydrogen (secondary N) is 1. The summed E-state index contributed by atoms with van der Waals surface area (Å²) in [6.07, 6.45) is 3.56. The molecule has 3 aromatic rings. The molecule has 0 aliphatic heterocycles. The van der Waals surface area contributed by atoms with Crippen molar-refractivity contribution >= 4 is 16.5 Å². The van der Waals surface area contributed by atoms with E-state index in [4.69, 9.17) is 5.26 Å². The second-order valence-corrected chi connectivity index (χ2v) is 4.30. The number of fused-ring (bicyclic) bond motifs is 1. The second kappa shape index (κ2) is 4.83. The molecule has 0 spiro atoms. The van der Waals surface area contributed by atoms with Gasteiger partial charge in [-0.2, -0.15) is 5.26 Å². The van der Waals surface area contributed by atoms with E-state index in [1.54, 1.807) is 6.08 Å². The first-order valence-electron chi connectivity index (χ1n) is 6.12. The number of rotatable bonds is 2. The van der Waals surface area contributed by atoms with Crippen LogP contribution < -0.4 is 0 Å². The molecule has 2 aromatic carbocycles. The van der Waals surface area contributed by atoms with Crippen molar-refractivity contribution in [1.82, 2.24) is 4.98 Å². The molecule has 0 atom stereocenters. The molecule has 1 aromatic heterocycles. The minimum atomic E-state index is 0.945. The molecule has 0 unspecified atom stereocenters. The molecule has 2 nitrogen and oxygen atoms in total. The molecule has 1 N–H and O–H groups in total. The Hall–Kier alpha value is -2.79. The van der Waals surface area contributed by atoms with Gasteiger partial charge in [0.25, 0.3) is 0 Å². The van der Waals surface area contributed by atoms with Crippen LogP contribution in [0.25, 0.3) is 16.5 Å². The van der Waals surface area contributed by atoms with Crippen molar-refractivity contribution in [1.29, 1.82) is 5.26 Å². The Morgan fingerprint density at radius 2 is 1.74 bits per heavy atom. The van der Waals surface area contributed by atoms with Gasteiger partial charge in [-0.3, -0.25) is 0 Å². The number of aromatic amines is 1. The SMILES string of the molecule is N#C/C=C(\c1ccccc1)c1c[nH]c2ccccc12. The minimum Gasteiger partial charge on any atom is -0.361 e.